The molecule has 0 aliphatic carbocycles. The number of anilines is 2. The summed E-state index contributed by atoms with van der Waals surface area (Å²) in [5.74, 6) is 0.442. The van der Waals surface area contributed by atoms with Gasteiger partial charge in [-0.3, -0.25) is 9.79 Å². The number of hydrogen-bond acceptors (Lipinski definition) is 5. The van der Waals surface area contributed by atoms with E-state index in [2.05, 4.69) is 21.9 Å². The van der Waals surface area contributed by atoms with Gasteiger partial charge in [0.15, 0.2) is 5.49 Å². The Bertz CT molecular complexity index is 1070. The number of nitrogen functional groups attached to an aromatic ring is 1. The predicted octanol–water partition coefficient (Wildman–Crippen LogP) is 2.04. The maximum absolute atomic E-state index is 13.0. The van der Waals surface area contributed by atoms with Gasteiger partial charge < -0.3 is 20.5 Å². The van der Waals surface area contributed by atoms with Gasteiger partial charge in [-0.15, -0.1) is 0 Å². The van der Waals surface area contributed by atoms with Crippen LogP contribution in [0, 0.1) is 0 Å². The van der Waals surface area contributed by atoms with E-state index >= 15 is 0 Å². The van der Waals surface area contributed by atoms with E-state index in [1.807, 2.05) is 4.57 Å². The van der Waals surface area contributed by atoms with Crippen molar-refractivity contribution in [3.63, 3.8) is 0 Å². The molecule has 0 saturated heterocycles. The highest BCUT2D eigenvalue weighted by Gasteiger charge is 2.31. The largest absolute Gasteiger partial charge is 0.416 e. The van der Waals surface area contributed by atoms with Crippen molar-refractivity contribution in [2.24, 2.45) is 4.99 Å². The zero-order valence-electron chi connectivity index (χ0n) is 15.5. The molecular formula is C19H19F3N6O. The first kappa shape index (κ1) is 19.0. The average molecular weight is 404 g/mol. The van der Waals surface area contributed by atoms with Crippen molar-refractivity contribution in [1.29, 1.82) is 0 Å². The lowest BCUT2D eigenvalue weighted by molar-refractivity contribution is -0.137. The van der Waals surface area contributed by atoms with E-state index in [1.54, 1.807) is 4.90 Å². The third-order valence-corrected chi connectivity index (χ3v) is 4.96. The number of alkyl halides is 3. The Kier molecular flexibility index (Phi) is 4.56. The summed E-state index contributed by atoms with van der Waals surface area (Å²) >= 11 is 0. The van der Waals surface area contributed by atoms with Crippen LogP contribution in [-0.2, 0) is 37.1 Å². The van der Waals surface area contributed by atoms with Crippen molar-refractivity contribution < 1.29 is 18.0 Å². The molecule has 2 aliphatic heterocycles. The molecular weight excluding hydrogens is 385 g/mol. The molecule has 0 fully saturated rings. The van der Waals surface area contributed by atoms with Gasteiger partial charge in [-0.25, -0.2) is 0 Å². The van der Waals surface area contributed by atoms with E-state index in [9.17, 15) is 18.0 Å². The Hall–Kier alpha value is -3.30. The van der Waals surface area contributed by atoms with Crippen LogP contribution in [0.4, 0.5) is 24.8 Å². The van der Waals surface area contributed by atoms with Crippen LogP contribution in [0.2, 0.25) is 0 Å². The first-order valence-electron chi connectivity index (χ1n) is 9.01. The van der Waals surface area contributed by atoms with Gasteiger partial charge in [0, 0.05) is 30.0 Å². The molecule has 3 N–H and O–H groups in total. The van der Waals surface area contributed by atoms with Crippen LogP contribution in [0.15, 0.2) is 35.8 Å². The first-order chi connectivity index (χ1) is 13.8. The van der Waals surface area contributed by atoms with Gasteiger partial charge in [0.05, 0.1) is 25.2 Å². The van der Waals surface area contributed by atoms with E-state index in [0.717, 1.165) is 29.9 Å². The fourth-order valence-electron chi connectivity index (χ4n) is 3.63. The normalized spacial score (nSPS) is 15.8. The van der Waals surface area contributed by atoms with Crippen LogP contribution < -0.4 is 16.5 Å². The monoisotopic (exact) mass is 404 g/mol. The van der Waals surface area contributed by atoms with Gasteiger partial charge in [-0.05, 0) is 29.8 Å². The molecule has 0 saturated carbocycles. The Morgan fingerprint density at radius 1 is 1.34 bits per heavy atom. The molecule has 2 aliphatic rings. The van der Waals surface area contributed by atoms with Gasteiger partial charge >= 0.3 is 6.18 Å². The zero-order valence-corrected chi connectivity index (χ0v) is 15.5. The summed E-state index contributed by atoms with van der Waals surface area (Å²) in [5.41, 5.74) is 7.33. The van der Waals surface area contributed by atoms with Crippen LogP contribution in [-0.4, -0.2) is 26.9 Å². The topological polar surface area (TPSA) is 88.5 Å². The average Bonchev–Trinajstić information content (AvgIpc) is 3.30. The summed E-state index contributed by atoms with van der Waals surface area (Å²) in [4.78, 5) is 22.7. The standard InChI is InChI=1S/C19H19F3N6O/c1-2-16(29)27-9-14-15(10-27)28-4-3-24-18(28)26-17(14)25-8-11-5-12(19(20,21)22)7-13(23)6-11/h2,5-7H,1,3-4,8-10,23H2,(H,24,25,26). The summed E-state index contributed by atoms with van der Waals surface area (Å²) in [5, 5.41) is 3.16. The highest BCUT2D eigenvalue weighted by atomic mass is 19.4. The van der Waals surface area contributed by atoms with Crippen LogP contribution in [0.1, 0.15) is 22.4 Å². The lowest BCUT2D eigenvalue weighted by atomic mass is 10.1. The Morgan fingerprint density at radius 3 is 2.86 bits per heavy atom. The third-order valence-electron chi connectivity index (χ3n) is 4.96. The van der Waals surface area contributed by atoms with Crippen molar-refractivity contribution in [3.8, 4) is 0 Å². The molecule has 29 heavy (non-hydrogen) atoms. The van der Waals surface area contributed by atoms with E-state index in [1.165, 1.54) is 12.1 Å². The minimum absolute atomic E-state index is 0.00752. The lowest BCUT2D eigenvalue weighted by Crippen LogP contribution is -2.24. The molecule has 152 valence electrons. The number of amides is 1. The van der Waals surface area contributed by atoms with Gasteiger partial charge in [0.25, 0.3) is 0 Å². The van der Waals surface area contributed by atoms with E-state index in [4.69, 9.17) is 5.73 Å². The van der Waals surface area contributed by atoms with E-state index in [0.29, 0.717) is 36.6 Å². The molecule has 0 radical (unpaired) electrons. The van der Waals surface area contributed by atoms with Crippen LogP contribution >= 0.6 is 0 Å². The van der Waals surface area contributed by atoms with E-state index < -0.39 is 11.7 Å². The number of aromatic nitrogens is 2. The summed E-state index contributed by atoms with van der Waals surface area (Å²) < 4.78 is 41.1. The molecule has 0 bridgehead atoms. The van der Waals surface area contributed by atoms with Crippen LogP contribution in [0.5, 0.6) is 0 Å². The number of benzene rings is 1. The molecule has 3 heterocycles. The molecule has 0 atom stereocenters. The maximum atomic E-state index is 13.0. The second kappa shape index (κ2) is 6.94. The second-order valence-electron chi connectivity index (χ2n) is 6.94. The molecule has 0 spiro atoms. The number of fused-ring (bicyclic) bond motifs is 3. The molecule has 4 rings (SSSR count). The summed E-state index contributed by atoms with van der Waals surface area (Å²) in [6.07, 6.45) is -3.23. The van der Waals surface area contributed by atoms with Gasteiger partial charge in [0.1, 0.15) is 0 Å². The SMILES string of the molecule is C=CC(=O)N1Cc2c(n3c(nc2=NCc2cc(N)cc(C(F)(F)F)c2)NCC3)C1. The molecule has 1 aromatic heterocycles. The number of nitrogens with zero attached hydrogens (tertiary/aromatic N) is 4. The van der Waals surface area contributed by atoms with Crippen LogP contribution in [0.3, 0.4) is 0 Å². The fraction of sp³-hybridized carbons (Fsp3) is 0.316. The maximum Gasteiger partial charge on any atom is 0.416 e. The number of carbonyl (C=O) groups is 1. The molecule has 1 amide bonds. The number of carbonyl (C=O) groups excluding carboxylic acids is 1. The van der Waals surface area contributed by atoms with Gasteiger partial charge in [-0.2, -0.15) is 18.2 Å². The zero-order chi connectivity index (χ0) is 20.8. The predicted molar refractivity (Wildman–Crippen MR) is 100 cm³/mol. The molecule has 2 aromatic rings. The molecule has 10 heteroatoms. The number of nitrogens with one attached hydrogen (secondary N) is 1. The van der Waals surface area contributed by atoms with E-state index in [-0.39, 0.29) is 18.1 Å². The molecule has 1 aromatic carbocycles. The summed E-state index contributed by atoms with van der Waals surface area (Å²) in [7, 11) is 0. The van der Waals surface area contributed by atoms with Crippen molar-refractivity contribution in [2.45, 2.75) is 32.4 Å². The fourth-order valence-corrected chi connectivity index (χ4v) is 3.63. The Balaban J connectivity index is 1.73. The number of nitrogens with two attached hydrogens (primary N) is 1. The number of hydrogen-bond donors (Lipinski definition) is 2. The number of rotatable bonds is 3. The lowest BCUT2D eigenvalue weighted by Gasteiger charge is -2.12. The van der Waals surface area contributed by atoms with Crippen molar-refractivity contribution >= 4 is 17.5 Å². The van der Waals surface area contributed by atoms with Crippen molar-refractivity contribution in [2.75, 3.05) is 17.6 Å². The summed E-state index contributed by atoms with van der Waals surface area (Å²) in [6, 6.07) is 3.40. The first-order valence-corrected chi connectivity index (χ1v) is 9.01. The number of halogens is 3. The Morgan fingerprint density at radius 2 is 2.14 bits per heavy atom. The second-order valence-corrected chi connectivity index (χ2v) is 6.94. The highest BCUT2D eigenvalue weighted by Crippen LogP contribution is 2.31. The summed E-state index contributed by atoms with van der Waals surface area (Å²) in [6.45, 7) is 5.70. The molecule has 0 unspecified atom stereocenters. The molecule has 7 nitrogen and oxygen atoms in total. The minimum Gasteiger partial charge on any atom is -0.399 e. The van der Waals surface area contributed by atoms with Crippen molar-refractivity contribution in [3.05, 3.63) is 58.7 Å². The highest BCUT2D eigenvalue weighted by molar-refractivity contribution is 5.87. The smallest absolute Gasteiger partial charge is 0.399 e. The minimum atomic E-state index is -4.48. The van der Waals surface area contributed by atoms with Crippen molar-refractivity contribution in [1.82, 2.24) is 14.5 Å². The quantitative estimate of drug-likeness (QED) is 0.605. The van der Waals surface area contributed by atoms with Crippen LogP contribution in [0.25, 0.3) is 0 Å². The third kappa shape index (κ3) is 3.57. The Labute approximate surface area is 164 Å². The van der Waals surface area contributed by atoms with Gasteiger partial charge in [-0.1, -0.05) is 6.58 Å². The van der Waals surface area contributed by atoms with Gasteiger partial charge in [0.2, 0.25) is 11.9 Å².